The van der Waals surface area contributed by atoms with Gasteiger partial charge in [0.25, 0.3) is 0 Å². The first-order valence-corrected chi connectivity index (χ1v) is 20.2. The highest BCUT2D eigenvalue weighted by Gasteiger charge is 2.59. The Morgan fingerprint density at radius 2 is 1.51 bits per heavy atom. The van der Waals surface area contributed by atoms with Gasteiger partial charge in [0.15, 0.2) is 0 Å². The Morgan fingerprint density at radius 3 is 2.22 bits per heavy atom. The molecule has 0 aromatic rings. The van der Waals surface area contributed by atoms with Gasteiger partial charge < -0.3 is 5.11 Å². The predicted octanol–water partition coefficient (Wildman–Crippen LogP) is 13.4. The lowest BCUT2D eigenvalue weighted by Gasteiger charge is -2.58. The van der Waals surface area contributed by atoms with Crippen LogP contribution in [0.3, 0.4) is 0 Å². The first-order valence-electron chi connectivity index (χ1n) is 20.2. The number of carbonyl (C=O) groups is 1. The summed E-state index contributed by atoms with van der Waals surface area (Å²) in [6.07, 6.45) is 39.1. The molecular formula is C43H74O2. The van der Waals surface area contributed by atoms with Crippen LogP contribution in [0.4, 0.5) is 0 Å². The summed E-state index contributed by atoms with van der Waals surface area (Å²) in [6.45, 7) is 12.9. The monoisotopic (exact) mass is 623 g/mol. The van der Waals surface area contributed by atoms with Crippen molar-refractivity contribution in [2.24, 2.45) is 52.3 Å². The van der Waals surface area contributed by atoms with Crippen molar-refractivity contribution in [3.8, 4) is 0 Å². The van der Waals surface area contributed by atoms with Gasteiger partial charge in [-0.2, -0.15) is 0 Å². The molecule has 4 aliphatic carbocycles. The zero-order valence-corrected chi connectivity index (χ0v) is 30.6. The van der Waals surface area contributed by atoms with E-state index in [1.807, 2.05) is 5.57 Å². The third kappa shape index (κ3) is 9.98. The van der Waals surface area contributed by atoms with Crippen LogP contribution in [0.25, 0.3) is 0 Å². The molecule has 0 saturated heterocycles. The van der Waals surface area contributed by atoms with Gasteiger partial charge in [-0.25, -0.2) is 0 Å². The molecule has 0 bridgehead atoms. The fraction of sp³-hybridized carbons (Fsp3) is 0.884. The highest BCUT2D eigenvalue weighted by atomic mass is 16.4. The van der Waals surface area contributed by atoms with Crippen molar-refractivity contribution in [3.63, 3.8) is 0 Å². The Labute approximate surface area is 280 Å². The molecule has 3 unspecified atom stereocenters. The highest BCUT2D eigenvalue weighted by Crippen LogP contribution is 2.67. The number of allylic oxidation sites excluding steroid dienone is 4. The quantitative estimate of drug-likeness (QED) is 0.108. The second-order valence-electron chi connectivity index (χ2n) is 17.6. The second kappa shape index (κ2) is 17.9. The van der Waals surface area contributed by atoms with Crippen molar-refractivity contribution in [3.05, 3.63) is 23.8 Å². The fourth-order valence-electron chi connectivity index (χ4n) is 11.4. The zero-order valence-electron chi connectivity index (χ0n) is 30.6. The molecule has 0 aromatic carbocycles. The van der Waals surface area contributed by atoms with E-state index in [0.29, 0.717) is 17.3 Å². The Bertz CT molecular complexity index is 945. The van der Waals surface area contributed by atoms with Crippen molar-refractivity contribution in [1.29, 1.82) is 0 Å². The number of carboxylic acid groups (broad SMARTS) is 1. The topological polar surface area (TPSA) is 37.3 Å². The van der Waals surface area contributed by atoms with Crippen molar-refractivity contribution in [1.82, 2.24) is 0 Å². The molecule has 0 aliphatic heterocycles. The molecule has 0 radical (unpaired) electrons. The van der Waals surface area contributed by atoms with E-state index in [0.717, 1.165) is 54.3 Å². The lowest BCUT2D eigenvalue weighted by atomic mass is 9.46. The zero-order chi connectivity index (χ0) is 32.3. The molecule has 258 valence electrons. The fourth-order valence-corrected chi connectivity index (χ4v) is 11.4. The van der Waals surface area contributed by atoms with Gasteiger partial charge in [-0.3, -0.25) is 4.79 Å². The molecule has 0 spiro atoms. The van der Waals surface area contributed by atoms with Crippen LogP contribution in [0.1, 0.15) is 189 Å². The summed E-state index contributed by atoms with van der Waals surface area (Å²) in [7, 11) is 0. The summed E-state index contributed by atoms with van der Waals surface area (Å²) in [5.41, 5.74) is 3.01. The molecule has 3 fully saturated rings. The Kier molecular flexibility index (Phi) is 14.6. The van der Waals surface area contributed by atoms with Crippen LogP contribution < -0.4 is 0 Å². The van der Waals surface area contributed by atoms with Gasteiger partial charge in [-0.05, 0) is 136 Å². The van der Waals surface area contributed by atoms with E-state index < -0.39 is 5.97 Å². The minimum absolute atomic E-state index is 0.331. The van der Waals surface area contributed by atoms with E-state index in [-0.39, 0.29) is 0 Å². The van der Waals surface area contributed by atoms with Gasteiger partial charge in [0.2, 0.25) is 0 Å². The normalized spacial score (nSPS) is 33.6. The third-order valence-corrected chi connectivity index (χ3v) is 14.1. The first kappa shape index (κ1) is 36.8. The maximum absolute atomic E-state index is 10.6. The summed E-state index contributed by atoms with van der Waals surface area (Å²) in [6, 6.07) is 0. The summed E-state index contributed by atoms with van der Waals surface area (Å²) < 4.78 is 0. The van der Waals surface area contributed by atoms with Crippen LogP contribution in [0.15, 0.2) is 23.8 Å². The third-order valence-electron chi connectivity index (χ3n) is 14.1. The number of carboxylic acids is 1. The molecule has 1 N–H and O–H groups in total. The summed E-state index contributed by atoms with van der Waals surface area (Å²) >= 11 is 0. The molecular weight excluding hydrogens is 548 g/mol. The smallest absolute Gasteiger partial charge is 0.303 e. The van der Waals surface area contributed by atoms with Crippen LogP contribution >= 0.6 is 0 Å². The minimum Gasteiger partial charge on any atom is -0.481 e. The second-order valence-corrected chi connectivity index (χ2v) is 17.6. The van der Waals surface area contributed by atoms with Crippen LogP contribution in [-0.4, -0.2) is 11.1 Å². The molecule has 0 heterocycles. The van der Waals surface area contributed by atoms with Crippen molar-refractivity contribution >= 4 is 5.97 Å². The van der Waals surface area contributed by atoms with E-state index in [4.69, 9.17) is 5.11 Å². The molecule has 0 aromatic heterocycles. The molecule has 2 nitrogen and oxygen atoms in total. The van der Waals surface area contributed by atoms with E-state index in [9.17, 15) is 4.79 Å². The highest BCUT2D eigenvalue weighted by molar-refractivity contribution is 5.66. The maximum Gasteiger partial charge on any atom is 0.303 e. The van der Waals surface area contributed by atoms with Gasteiger partial charge in [0, 0.05) is 6.42 Å². The van der Waals surface area contributed by atoms with E-state index in [2.05, 4.69) is 52.8 Å². The molecule has 3 saturated carbocycles. The molecule has 0 amide bonds. The van der Waals surface area contributed by atoms with Crippen molar-refractivity contribution < 1.29 is 9.90 Å². The molecule has 4 rings (SSSR count). The number of rotatable bonds is 20. The van der Waals surface area contributed by atoms with Gasteiger partial charge in [0.05, 0.1) is 0 Å². The first-order chi connectivity index (χ1) is 21.6. The Balaban J connectivity index is 1.12. The number of unbranched alkanes of at least 4 members (excludes halogenated alkanes) is 9. The molecule has 8 atom stereocenters. The lowest BCUT2D eigenvalue weighted by molar-refractivity contribution is -0.137. The van der Waals surface area contributed by atoms with E-state index >= 15 is 0 Å². The minimum atomic E-state index is -0.657. The van der Waals surface area contributed by atoms with Gasteiger partial charge in [-0.1, -0.05) is 123 Å². The Hall–Kier alpha value is -1.05. The number of hydrogen-bond acceptors (Lipinski definition) is 1. The summed E-state index contributed by atoms with van der Waals surface area (Å²) in [4.78, 5) is 10.6. The van der Waals surface area contributed by atoms with Crippen LogP contribution in [0.2, 0.25) is 0 Å². The molecule has 2 heteroatoms. The van der Waals surface area contributed by atoms with Crippen molar-refractivity contribution in [2.45, 2.75) is 189 Å². The SMILES string of the molecule is CC(C)CCC[C@@H](C)[C@H]1CC[C@H]2C3CC=C4CC(CCCCCCC=CCCCCCCCC(=O)O)CC[C@]4(C)C3CC[C@]12C. The van der Waals surface area contributed by atoms with E-state index in [1.54, 1.807) is 0 Å². The standard InChI is InChI=1S/C43H74O2/c1-33(2)20-19-21-34(3)38-26-27-39-37-25-24-36-32-35(28-30-42(36,4)40(37)29-31-43(38,39)5)22-17-15-13-11-9-7-6-8-10-12-14-16-18-23-41(44)45/h6-7,24,33-35,37-40H,8-23,25-32H2,1-5H3,(H,44,45)/t34-,35?,37?,38-,39+,40?,42+,43-/m1/s1. The van der Waals surface area contributed by atoms with Crippen LogP contribution in [-0.2, 0) is 4.79 Å². The lowest BCUT2D eigenvalue weighted by Crippen LogP contribution is -2.50. The van der Waals surface area contributed by atoms with E-state index in [1.165, 1.54) is 135 Å². The number of hydrogen-bond donors (Lipinski definition) is 1. The summed E-state index contributed by atoms with van der Waals surface area (Å²) in [5, 5.41) is 8.70. The number of aliphatic carboxylic acids is 1. The molecule has 4 aliphatic rings. The Morgan fingerprint density at radius 1 is 0.822 bits per heavy atom. The van der Waals surface area contributed by atoms with Gasteiger partial charge >= 0.3 is 5.97 Å². The predicted molar refractivity (Wildman–Crippen MR) is 193 cm³/mol. The average molecular weight is 623 g/mol. The maximum atomic E-state index is 10.6. The van der Waals surface area contributed by atoms with Gasteiger partial charge in [0.1, 0.15) is 0 Å². The van der Waals surface area contributed by atoms with Crippen molar-refractivity contribution in [2.75, 3.05) is 0 Å². The largest absolute Gasteiger partial charge is 0.481 e. The average Bonchev–Trinajstić information content (AvgIpc) is 3.36. The summed E-state index contributed by atoms with van der Waals surface area (Å²) in [5.74, 6) is 5.94. The van der Waals surface area contributed by atoms with Crippen LogP contribution in [0, 0.1) is 52.3 Å². The van der Waals surface area contributed by atoms with Gasteiger partial charge in [-0.15, -0.1) is 0 Å². The van der Waals surface area contributed by atoms with Crippen LogP contribution in [0.5, 0.6) is 0 Å². The molecule has 45 heavy (non-hydrogen) atoms. The number of fused-ring (bicyclic) bond motifs is 5.